The lowest BCUT2D eigenvalue weighted by molar-refractivity contribution is -0.120. The van der Waals surface area contributed by atoms with Crippen LogP contribution in [0.4, 0.5) is 5.69 Å². The van der Waals surface area contributed by atoms with Crippen LogP contribution in [0, 0.1) is 0 Å². The summed E-state index contributed by atoms with van der Waals surface area (Å²) in [6.45, 7) is 1.48. The largest absolute Gasteiger partial charge is 0.493 e. The number of fused-ring (bicyclic) bond motifs is 1. The van der Waals surface area contributed by atoms with E-state index in [1.165, 1.54) is 43.5 Å². The number of rotatable bonds is 9. The number of nitrogens with zero attached hydrogens (tertiary/aromatic N) is 1. The third-order valence-electron chi connectivity index (χ3n) is 6.34. The van der Waals surface area contributed by atoms with Crippen LogP contribution in [-0.4, -0.2) is 35.1 Å². The molecular weight excluding hydrogens is 500 g/mol. The topological polar surface area (TPSA) is 84.9 Å². The van der Waals surface area contributed by atoms with E-state index in [0.717, 1.165) is 29.1 Å². The van der Waals surface area contributed by atoms with Gasteiger partial charge in [-0.25, -0.2) is 8.42 Å². The second-order valence-corrected chi connectivity index (χ2v) is 11.0. The van der Waals surface area contributed by atoms with Crippen LogP contribution >= 0.6 is 11.6 Å². The first-order valence-electron chi connectivity index (χ1n) is 11.6. The highest BCUT2D eigenvalue weighted by Crippen LogP contribution is 2.32. The molecule has 7 nitrogen and oxygen atoms in total. The maximum Gasteiger partial charge on any atom is 0.264 e. The molecule has 0 unspecified atom stereocenters. The highest BCUT2D eigenvalue weighted by atomic mass is 35.5. The van der Waals surface area contributed by atoms with E-state index in [1.807, 2.05) is 13.0 Å². The fourth-order valence-corrected chi connectivity index (χ4v) is 5.95. The van der Waals surface area contributed by atoms with Gasteiger partial charge in [-0.2, -0.15) is 0 Å². The summed E-state index contributed by atoms with van der Waals surface area (Å²) in [5.74, 6) is 0.238. The smallest absolute Gasteiger partial charge is 0.264 e. The Morgan fingerprint density at radius 1 is 0.972 bits per heavy atom. The highest BCUT2D eigenvalue weighted by molar-refractivity contribution is 7.92. The van der Waals surface area contributed by atoms with Gasteiger partial charge >= 0.3 is 0 Å². The SMILES string of the molecule is COc1ccc(S(=O)(=O)N(CC(=O)N[C@H](C)c2ccc3c(c2)CCC3)c2ccc(Cl)cc2)cc1OC. The molecule has 0 fully saturated rings. The zero-order chi connectivity index (χ0) is 25.9. The van der Waals surface area contributed by atoms with Crippen molar-refractivity contribution in [2.75, 3.05) is 25.1 Å². The van der Waals surface area contributed by atoms with Gasteiger partial charge in [0.05, 0.1) is 30.8 Å². The Labute approximate surface area is 217 Å². The second kappa shape index (κ2) is 10.8. The standard InChI is InChI=1S/C27H29ClN2O5S/c1-18(20-8-7-19-5-4-6-21(19)15-20)29-27(31)17-30(23-11-9-22(28)10-12-23)36(32,33)24-13-14-25(34-2)26(16-24)35-3/h7-16,18H,4-6,17H2,1-3H3,(H,29,31)/t18-/m1/s1. The lowest BCUT2D eigenvalue weighted by atomic mass is 10.0. The van der Waals surface area contributed by atoms with Crippen LogP contribution in [0.15, 0.2) is 65.6 Å². The first kappa shape index (κ1) is 25.9. The molecule has 0 heterocycles. The summed E-state index contributed by atoms with van der Waals surface area (Å²) >= 11 is 6.03. The van der Waals surface area contributed by atoms with Gasteiger partial charge in [-0.3, -0.25) is 9.10 Å². The molecular formula is C27H29ClN2O5S. The Kier molecular flexibility index (Phi) is 7.76. The minimum Gasteiger partial charge on any atom is -0.493 e. The summed E-state index contributed by atoms with van der Waals surface area (Å²) in [7, 11) is -1.23. The average Bonchev–Trinajstić information content (AvgIpc) is 3.35. The number of aryl methyl sites for hydroxylation is 2. The van der Waals surface area contributed by atoms with E-state index >= 15 is 0 Å². The van der Waals surface area contributed by atoms with Crippen LogP contribution in [0.25, 0.3) is 0 Å². The maximum absolute atomic E-state index is 13.7. The molecule has 1 amide bonds. The van der Waals surface area contributed by atoms with Gasteiger partial charge in [0.2, 0.25) is 5.91 Å². The molecule has 1 aliphatic rings. The van der Waals surface area contributed by atoms with E-state index in [4.69, 9.17) is 21.1 Å². The number of carbonyl (C=O) groups excluding carboxylic acids is 1. The third-order valence-corrected chi connectivity index (χ3v) is 8.37. The number of hydrogen-bond acceptors (Lipinski definition) is 5. The van der Waals surface area contributed by atoms with E-state index in [2.05, 4.69) is 17.4 Å². The first-order chi connectivity index (χ1) is 17.2. The molecule has 9 heteroatoms. The lowest BCUT2D eigenvalue weighted by Gasteiger charge is -2.25. The molecule has 1 aliphatic carbocycles. The number of benzene rings is 3. The van der Waals surface area contributed by atoms with Crippen molar-refractivity contribution in [2.45, 2.75) is 37.1 Å². The number of amides is 1. The van der Waals surface area contributed by atoms with Gasteiger partial charge in [-0.1, -0.05) is 29.8 Å². The van der Waals surface area contributed by atoms with E-state index in [9.17, 15) is 13.2 Å². The van der Waals surface area contributed by atoms with E-state index in [-0.39, 0.29) is 16.7 Å². The Bertz CT molecular complexity index is 1360. The predicted octanol–water partition coefficient (Wildman–Crippen LogP) is 4.92. The van der Waals surface area contributed by atoms with E-state index in [0.29, 0.717) is 16.5 Å². The molecule has 190 valence electrons. The van der Waals surface area contributed by atoms with Crippen LogP contribution in [0.5, 0.6) is 11.5 Å². The quantitative estimate of drug-likeness (QED) is 0.426. The molecule has 0 aromatic heterocycles. The molecule has 1 atom stereocenters. The third kappa shape index (κ3) is 5.44. The van der Waals surface area contributed by atoms with Crippen molar-refractivity contribution in [3.63, 3.8) is 0 Å². The molecule has 0 aliphatic heterocycles. The van der Waals surface area contributed by atoms with Crippen LogP contribution in [0.2, 0.25) is 5.02 Å². The average molecular weight is 529 g/mol. The summed E-state index contributed by atoms with van der Waals surface area (Å²) in [4.78, 5) is 13.1. The molecule has 36 heavy (non-hydrogen) atoms. The fraction of sp³-hybridized carbons (Fsp3) is 0.296. The van der Waals surface area contributed by atoms with Crippen molar-refractivity contribution in [2.24, 2.45) is 0 Å². The summed E-state index contributed by atoms with van der Waals surface area (Å²) in [6, 6.07) is 16.6. The van der Waals surface area contributed by atoms with Crippen LogP contribution in [-0.2, 0) is 27.7 Å². The summed E-state index contributed by atoms with van der Waals surface area (Å²) < 4.78 is 39.0. The zero-order valence-electron chi connectivity index (χ0n) is 20.5. The second-order valence-electron chi connectivity index (χ2n) is 8.68. The number of anilines is 1. The lowest BCUT2D eigenvalue weighted by Crippen LogP contribution is -2.41. The van der Waals surface area contributed by atoms with Gasteiger partial charge in [0.1, 0.15) is 6.54 Å². The monoisotopic (exact) mass is 528 g/mol. The summed E-state index contributed by atoms with van der Waals surface area (Å²) in [5.41, 5.74) is 3.97. The van der Waals surface area contributed by atoms with Crippen LogP contribution < -0.4 is 19.1 Å². The minimum absolute atomic E-state index is 0.0328. The maximum atomic E-state index is 13.7. The van der Waals surface area contributed by atoms with Gasteiger partial charge in [-0.15, -0.1) is 0 Å². The van der Waals surface area contributed by atoms with Crippen molar-refractivity contribution in [3.8, 4) is 11.5 Å². The minimum atomic E-state index is -4.13. The Hall–Kier alpha value is -3.23. The van der Waals surface area contributed by atoms with Gasteiger partial charge in [0.15, 0.2) is 11.5 Å². The number of methoxy groups -OCH3 is 2. The number of carbonyl (C=O) groups is 1. The number of ether oxygens (including phenoxy) is 2. The Morgan fingerprint density at radius 3 is 2.36 bits per heavy atom. The summed E-state index contributed by atoms with van der Waals surface area (Å²) in [6.07, 6.45) is 3.27. The van der Waals surface area contributed by atoms with E-state index in [1.54, 1.807) is 24.3 Å². The molecule has 0 bridgehead atoms. The normalized spacial score (nSPS) is 13.6. The number of sulfonamides is 1. The molecule has 1 N–H and O–H groups in total. The number of hydrogen-bond donors (Lipinski definition) is 1. The van der Waals surface area contributed by atoms with Gasteiger partial charge in [0.25, 0.3) is 10.0 Å². The van der Waals surface area contributed by atoms with Gasteiger partial charge in [-0.05, 0) is 79.3 Å². The number of nitrogens with one attached hydrogen (secondary N) is 1. The van der Waals surface area contributed by atoms with Crippen molar-refractivity contribution in [3.05, 3.63) is 82.4 Å². The van der Waals surface area contributed by atoms with Crippen LogP contribution in [0.3, 0.4) is 0 Å². The van der Waals surface area contributed by atoms with E-state index < -0.39 is 22.5 Å². The fourth-order valence-electron chi connectivity index (χ4n) is 4.39. The molecule has 3 aromatic carbocycles. The molecule has 4 rings (SSSR count). The first-order valence-corrected chi connectivity index (χ1v) is 13.5. The molecule has 0 saturated heterocycles. The Morgan fingerprint density at radius 2 is 1.67 bits per heavy atom. The molecule has 3 aromatic rings. The van der Waals surface area contributed by atoms with Crippen molar-refractivity contribution in [1.82, 2.24) is 5.32 Å². The molecule has 0 saturated carbocycles. The summed E-state index contributed by atoms with van der Waals surface area (Å²) in [5, 5.41) is 3.40. The van der Waals surface area contributed by atoms with Crippen molar-refractivity contribution < 1.29 is 22.7 Å². The predicted molar refractivity (Wildman–Crippen MR) is 141 cm³/mol. The van der Waals surface area contributed by atoms with Crippen LogP contribution in [0.1, 0.15) is 36.1 Å². The van der Waals surface area contributed by atoms with Gasteiger partial charge in [0, 0.05) is 11.1 Å². The molecule has 0 radical (unpaired) electrons. The van der Waals surface area contributed by atoms with Crippen molar-refractivity contribution >= 4 is 33.2 Å². The van der Waals surface area contributed by atoms with Gasteiger partial charge < -0.3 is 14.8 Å². The molecule has 0 spiro atoms. The Balaban J connectivity index is 1.61. The zero-order valence-corrected chi connectivity index (χ0v) is 22.0. The highest BCUT2D eigenvalue weighted by Gasteiger charge is 2.29. The number of halogens is 1. The van der Waals surface area contributed by atoms with Crippen molar-refractivity contribution in [1.29, 1.82) is 0 Å².